The average Bonchev–Trinajstić information content (AvgIpc) is 3.96. The highest BCUT2D eigenvalue weighted by molar-refractivity contribution is 6.27. The van der Waals surface area contributed by atoms with Gasteiger partial charge in [-0.15, -0.1) is 0 Å². The number of aromatic nitrogens is 1. The van der Waals surface area contributed by atoms with Gasteiger partial charge in [0.1, 0.15) is 11.2 Å². The Labute approximate surface area is 371 Å². The first-order valence-corrected chi connectivity index (χ1v) is 22.2. The Kier molecular flexibility index (Phi) is 7.95. The zero-order chi connectivity index (χ0) is 42.5. The van der Waals surface area contributed by atoms with Crippen molar-refractivity contribution in [3.05, 3.63) is 230 Å². The Hall–Kier alpha value is -8.14. The number of hydrogen-bond acceptors (Lipinski definition) is 2. The summed E-state index contributed by atoms with van der Waals surface area (Å²) in [5.41, 5.74) is 18.5. The van der Waals surface area contributed by atoms with Crippen LogP contribution in [-0.4, -0.2) is 4.57 Å². The van der Waals surface area contributed by atoms with Gasteiger partial charge in [-0.25, -0.2) is 0 Å². The molecule has 0 atom stereocenters. The molecule has 12 aromatic rings. The second-order valence-electron chi connectivity index (χ2n) is 17.7. The Bertz CT molecular complexity index is 3800. The lowest BCUT2D eigenvalue weighted by atomic mass is 9.82. The number of hydrogen-bond donors (Lipinski definition) is 0. The maximum absolute atomic E-state index is 6.70. The fourth-order valence-electron chi connectivity index (χ4n) is 10.7. The van der Waals surface area contributed by atoms with E-state index in [1.807, 2.05) is 0 Å². The third kappa shape index (κ3) is 5.47. The van der Waals surface area contributed by atoms with Crippen LogP contribution in [-0.2, 0) is 5.41 Å². The molecule has 64 heavy (non-hydrogen) atoms. The van der Waals surface area contributed by atoms with Gasteiger partial charge in [0, 0.05) is 61.3 Å². The second kappa shape index (κ2) is 13.9. The molecule has 1 aliphatic carbocycles. The summed E-state index contributed by atoms with van der Waals surface area (Å²) in [7, 11) is 0. The molecule has 3 heteroatoms. The highest BCUT2D eigenvalue weighted by Gasteiger charge is 2.35. The highest BCUT2D eigenvalue weighted by atomic mass is 16.3. The summed E-state index contributed by atoms with van der Waals surface area (Å²) in [6.07, 6.45) is 0. The molecule has 10 aromatic carbocycles. The van der Waals surface area contributed by atoms with E-state index in [1.54, 1.807) is 0 Å². The molecule has 0 saturated carbocycles. The summed E-state index contributed by atoms with van der Waals surface area (Å²) in [6, 6.07) is 79.6. The van der Waals surface area contributed by atoms with Crippen LogP contribution in [0.3, 0.4) is 0 Å². The van der Waals surface area contributed by atoms with Crippen molar-refractivity contribution in [3.63, 3.8) is 0 Å². The Morgan fingerprint density at radius 2 is 1.08 bits per heavy atom. The Balaban J connectivity index is 0.999. The lowest BCUT2D eigenvalue weighted by Crippen LogP contribution is -2.16. The van der Waals surface area contributed by atoms with E-state index in [4.69, 9.17) is 4.42 Å². The predicted molar refractivity (Wildman–Crippen MR) is 269 cm³/mol. The van der Waals surface area contributed by atoms with Crippen molar-refractivity contribution in [1.29, 1.82) is 0 Å². The Morgan fingerprint density at radius 3 is 1.92 bits per heavy atom. The molecule has 0 aliphatic heterocycles. The Morgan fingerprint density at radius 1 is 0.406 bits per heavy atom. The number of anilines is 3. The minimum Gasteiger partial charge on any atom is -0.456 e. The van der Waals surface area contributed by atoms with Gasteiger partial charge in [-0.1, -0.05) is 166 Å². The standard InChI is InChI=1S/C61H42N2O/c1-61(2)52-23-13-11-21-48(52)49-34-32-47(37-53(49)61)62(44-19-7-4-8-20-44)45-29-25-40(26-30-45)43-28-33-50-54(36-43)63(46-31-27-39-15-9-10-18-42(39)35-46)55-38-57-60(51-22-12-14-24-56(51)64-57)58(59(50)55)41-16-5-3-6-17-41/h3-38H,1-2H3. The molecule has 0 saturated heterocycles. The van der Waals surface area contributed by atoms with Crippen LogP contribution in [0, 0.1) is 0 Å². The molecule has 0 fully saturated rings. The van der Waals surface area contributed by atoms with Crippen LogP contribution in [0.5, 0.6) is 0 Å². The molecule has 0 spiro atoms. The molecule has 0 amide bonds. The third-order valence-electron chi connectivity index (χ3n) is 13.7. The maximum Gasteiger partial charge on any atom is 0.138 e. The van der Waals surface area contributed by atoms with Crippen molar-refractivity contribution in [2.75, 3.05) is 4.90 Å². The average molecular weight is 819 g/mol. The smallest absolute Gasteiger partial charge is 0.138 e. The fraction of sp³-hybridized carbons (Fsp3) is 0.0492. The summed E-state index contributed by atoms with van der Waals surface area (Å²) in [5, 5.41) is 7.11. The summed E-state index contributed by atoms with van der Waals surface area (Å²) in [5.74, 6) is 0. The number of furan rings is 1. The second-order valence-corrected chi connectivity index (χ2v) is 17.7. The van der Waals surface area contributed by atoms with Gasteiger partial charge in [0.2, 0.25) is 0 Å². The summed E-state index contributed by atoms with van der Waals surface area (Å²) < 4.78 is 9.14. The molecule has 0 radical (unpaired) electrons. The normalized spacial score (nSPS) is 13.0. The summed E-state index contributed by atoms with van der Waals surface area (Å²) >= 11 is 0. The maximum atomic E-state index is 6.70. The summed E-state index contributed by atoms with van der Waals surface area (Å²) in [4.78, 5) is 2.38. The molecule has 2 heterocycles. The zero-order valence-corrected chi connectivity index (χ0v) is 35.6. The number of para-hydroxylation sites is 2. The molecule has 2 aromatic heterocycles. The van der Waals surface area contributed by atoms with Crippen LogP contribution < -0.4 is 4.90 Å². The number of rotatable bonds is 6. The lowest BCUT2D eigenvalue weighted by Gasteiger charge is -2.28. The van der Waals surface area contributed by atoms with E-state index in [0.717, 1.165) is 66.8 Å². The van der Waals surface area contributed by atoms with Crippen molar-refractivity contribution in [3.8, 4) is 39.1 Å². The van der Waals surface area contributed by atoms with E-state index < -0.39 is 0 Å². The van der Waals surface area contributed by atoms with Crippen LogP contribution >= 0.6 is 0 Å². The predicted octanol–water partition coefficient (Wildman–Crippen LogP) is 16.9. The topological polar surface area (TPSA) is 21.3 Å². The molecule has 13 rings (SSSR count). The molecule has 0 N–H and O–H groups in total. The van der Waals surface area contributed by atoms with Gasteiger partial charge < -0.3 is 13.9 Å². The molecular weight excluding hydrogens is 777 g/mol. The van der Waals surface area contributed by atoms with Gasteiger partial charge in [-0.05, 0) is 110 Å². The van der Waals surface area contributed by atoms with Gasteiger partial charge in [-0.2, -0.15) is 0 Å². The molecule has 3 nitrogen and oxygen atoms in total. The van der Waals surface area contributed by atoms with Gasteiger partial charge in [0.05, 0.1) is 11.0 Å². The molecule has 0 bridgehead atoms. The minimum absolute atomic E-state index is 0.0956. The van der Waals surface area contributed by atoms with E-state index >= 15 is 0 Å². The molecule has 302 valence electrons. The van der Waals surface area contributed by atoms with Crippen molar-refractivity contribution < 1.29 is 4.42 Å². The van der Waals surface area contributed by atoms with Crippen LogP contribution in [0.4, 0.5) is 17.1 Å². The van der Waals surface area contributed by atoms with Gasteiger partial charge in [0.15, 0.2) is 0 Å². The first kappa shape index (κ1) is 36.5. The van der Waals surface area contributed by atoms with Gasteiger partial charge >= 0.3 is 0 Å². The van der Waals surface area contributed by atoms with Crippen molar-refractivity contribution in [2.24, 2.45) is 0 Å². The summed E-state index contributed by atoms with van der Waals surface area (Å²) in [6.45, 7) is 4.70. The lowest BCUT2D eigenvalue weighted by molar-refractivity contribution is 0.660. The van der Waals surface area contributed by atoms with Gasteiger partial charge in [-0.3, -0.25) is 0 Å². The van der Waals surface area contributed by atoms with Gasteiger partial charge in [0.25, 0.3) is 0 Å². The van der Waals surface area contributed by atoms with Crippen LogP contribution in [0.25, 0.3) is 93.6 Å². The largest absolute Gasteiger partial charge is 0.456 e. The molecule has 0 unspecified atom stereocenters. The fourth-order valence-corrected chi connectivity index (χ4v) is 10.7. The van der Waals surface area contributed by atoms with Crippen LogP contribution in [0.1, 0.15) is 25.0 Å². The quantitative estimate of drug-likeness (QED) is 0.167. The van der Waals surface area contributed by atoms with Crippen LogP contribution in [0.15, 0.2) is 223 Å². The number of fused-ring (bicyclic) bond motifs is 10. The van der Waals surface area contributed by atoms with Crippen molar-refractivity contribution in [1.82, 2.24) is 4.57 Å². The number of benzene rings is 10. The minimum atomic E-state index is -0.0956. The number of nitrogens with zero attached hydrogens (tertiary/aromatic N) is 2. The highest BCUT2D eigenvalue weighted by Crippen LogP contribution is 2.51. The third-order valence-corrected chi connectivity index (χ3v) is 13.7. The molecule has 1 aliphatic rings. The van der Waals surface area contributed by atoms with E-state index in [9.17, 15) is 0 Å². The van der Waals surface area contributed by atoms with Crippen molar-refractivity contribution >= 4 is 71.6 Å². The SMILES string of the molecule is CC1(C)c2ccccc2-c2ccc(N(c3ccccc3)c3ccc(-c4ccc5c6c(-c7ccccc7)c7c(cc6n(-c6ccc8ccccc8c6)c5c4)oc4ccccc47)cc3)cc21. The van der Waals surface area contributed by atoms with E-state index in [0.29, 0.717) is 0 Å². The van der Waals surface area contributed by atoms with Crippen LogP contribution in [0.2, 0.25) is 0 Å². The molecular formula is C61H42N2O. The monoisotopic (exact) mass is 818 g/mol. The first-order chi connectivity index (χ1) is 31.5. The van der Waals surface area contributed by atoms with E-state index in [1.165, 1.54) is 54.9 Å². The zero-order valence-electron chi connectivity index (χ0n) is 35.6. The van der Waals surface area contributed by atoms with E-state index in [2.05, 4.69) is 242 Å². The first-order valence-electron chi connectivity index (χ1n) is 22.2. The van der Waals surface area contributed by atoms with E-state index in [-0.39, 0.29) is 5.41 Å². The van der Waals surface area contributed by atoms with Crippen molar-refractivity contribution in [2.45, 2.75) is 19.3 Å².